The third-order valence-electron chi connectivity index (χ3n) is 5.93. The molecular formula is C24H25N5O3. The SMILES string of the molecule is COc1cccc(-c2cc(C(=O)N(Cc3ccco3)Cc3nn(C)c4c3CCC4)[nH]n2)c1. The number of fused-ring (bicyclic) bond motifs is 1. The molecule has 5 rings (SSSR count). The Bertz CT molecular complexity index is 1240. The molecule has 0 saturated heterocycles. The zero-order valence-electron chi connectivity index (χ0n) is 18.2. The Morgan fingerprint density at radius 3 is 2.94 bits per heavy atom. The van der Waals surface area contributed by atoms with Gasteiger partial charge in [0.1, 0.15) is 17.2 Å². The summed E-state index contributed by atoms with van der Waals surface area (Å²) in [4.78, 5) is 15.3. The molecule has 8 nitrogen and oxygen atoms in total. The van der Waals surface area contributed by atoms with Gasteiger partial charge in [-0.05, 0) is 55.2 Å². The predicted octanol–water partition coefficient (Wildman–Crippen LogP) is 3.74. The Labute approximate surface area is 185 Å². The number of furan rings is 1. The number of aromatic amines is 1. The summed E-state index contributed by atoms with van der Waals surface area (Å²) < 4.78 is 12.8. The Hall–Kier alpha value is -3.81. The van der Waals surface area contributed by atoms with E-state index in [4.69, 9.17) is 14.3 Å². The van der Waals surface area contributed by atoms with Gasteiger partial charge in [0.15, 0.2) is 0 Å². The monoisotopic (exact) mass is 431 g/mol. The van der Waals surface area contributed by atoms with Crippen molar-refractivity contribution in [3.63, 3.8) is 0 Å². The number of rotatable bonds is 7. The zero-order valence-corrected chi connectivity index (χ0v) is 18.2. The lowest BCUT2D eigenvalue weighted by molar-refractivity contribution is 0.0708. The molecule has 0 unspecified atom stereocenters. The van der Waals surface area contributed by atoms with Gasteiger partial charge < -0.3 is 14.1 Å². The molecule has 3 aromatic heterocycles. The van der Waals surface area contributed by atoms with Gasteiger partial charge >= 0.3 is 0 Å². The number of ether oxygens (including phenoxy) is 1. The Kier molecular flexibility index (Phi) is 5.26. The van der Waals surface area contributed by atoms with Gasteiger partial charge in [-0.3, -0.25) is 14.6 Å². The van der Waals surface area contributed by atoms with Crippen molar-refractivity contribution in [3.05, 3.63) is 77.1 Å². The minimum absolute atomic E-state index is 0.152. The highest BCUT2D eigenvalue weighted by Gasteiger charge is 2.26. The van der Waals surface area contributed by atoms with Crippen molar-refractivity contribution in [1.29, 1.82) is 0 Å². The quantitative estimate of drug-likeness (QED) is 0.481. The van der Waals surface area contributed by atoms with Crippen LogP contribution < -0.4 is 4.74 Å². The maximum Gasteiger partial charge on any atom is 0.272 e. The summed E-state index contributed by atoms with van der Waals surface area (Å²) in [5.41, 5.74) is 5.47. The molecule has 0 aliphatic heterocycles. The highest BCUT2D eigenvalue weighted by molar-refractivity contribution is 5.93. The largest absolute Gasteiger partial charge is 0.497 e. The lowest BCUT2D eigenvalue weighted by Gasteiger charge is -2.20. The van der Waals surface area contributed by atoms with Gasteiger partial charge in [-0.25, -0.2) is 0 Å². The summed E-state index contributed by atoms with van der Waals surface area (Å²) in [6.45, 7) is 0.765. The van der Waals surface area contributed by atoms with E-state index in [9.17, 15) is 4.79 Å². The fourth-order valence-corrected chi connectivity index (χ4v) is 4.33. The van der Waals surface area contributed by atoms with Crippen molar-refractivity contribution < 1.29 is 13.9 Å². The van der Waals surface area contributed by atoms with E-state index in [0.717, 1.165) is 42.0 Å². The molecule has 0 radical (unpaired) electrons. The fraction of sp³-hybridized carbons (Fsp3) is 0.292. The second kappa shape index (κ2) is 8.37. The van der Waals surface area contributed by atoms with Gasteiger partial charge in [-0.15, -0.1) is 0 Å². The number of nitrogens with zero attached hydrogens (tertiary/aromatic N) is 4. The summed E-state index contributed by atoms with van der Waals surface area (Å²) in [6, 6.07) is 13.1. The van der Waals surface area contributed by atoms with E-state index in [2.05, 4.69) is 10.2 Å². The van der Waals surface area contributed by atoms with E-state index >= 15 is 0 Å². The molecule has 1 aliphatic rings. The summed E-state index contributed by atoms with van der Waals surface area (Å²) in [7, 11) is 3.60. The number of aromatic nitrogens is 4. The van der Waals surface area contributed by atoms with Crippen molar-refractivity contribution in [2.45, 2.75) is 32.4 Å². The molecule has 4 aromatic rings. The van der Waals surface area contributed by atoms with E-state index < -0.39 is 0 Å². The molecule has 0 saturated carbocycles. The third kappa shape index (κ3) is 3.79. The molecule has 0 bridgehead atoms. The standard InChI is InChI=1S/C24H25N5O3/c1-28-23-10-4-9-19(23)22(27-28)15-29(14-18-8-5-11-32-18)24(30)21-13-20(25-26-21)16-6-3-7-17(12-16)31-2/h3,5-8,11-13H,4,9-10,14-15H2,1-2H3,(H,25,26). The number of aryl methyl sites for hydroxylation is 1. The number of benzene rings is 1. The van der Waals surface area contributed by atoms with Crippen LogP contribution in [0.15, 0.2) is 53.1 Å². The lowest BCUT2D eigenvalue weighted by Crippen LogP contribution is -2.31. The molecule has 1 aromatic carbocycles. The first kappa shape index (κ1) is 20.1. The Balaban J connectivity index is 1.43. The molecule has 0 fully saturated rings. The fourth-order valence-electron chi connectivity index (χ4n) is 4.33. The van der Waals surface area contributed by atoms with Crippen LogP contribution in [-0.2, 0) is 33.0 Å². The highest BCUT2D eigenvalue weighted by atomic mass is 16.5. The van der Waals surface area contributed by atoms with Crippen LogP contribution in [0.4, 0.5) is 0 Å². The molecule has 32 heavy (non-hydrogen) atoms. The summed E-state index contributed by atoms with van der Waals surface area (Å²) in [5.74, 6) is 1.31. The van der Waals surface area contributed by atoms with Gasteiger partial charge in [0, 0.05) is 18.3 Å². The van der Waals surface area contributed by atoms with E-state index in [1.54, 1.807) is 24.3 Å². The Morgan fingerprint density at radius 1 is 1.22 bits per heavy atom. The number of carbonyl (C=O) groups excluding carboxylic acids is 1. The van der Waals surface area contributed by atoms with Crippen molar-refractivity contribution in [2.24, 2.45) is 7.05 Å². The predicted molar refractivity (Wildman–Crippen MR) is 118 cm³/mol. The second-order valence-electron chi connectivity index (χ2n) is 7.99. The normalized spacial score (nSPS) is 12.7. The summed E-state index contributed by atoms with van der Waals surface area (Å²) in [6.07, 6.45) is 4.79. The van der Waals surface area contributed by atoms with Gasteiger partial charge in [0.05, 0.1) is 37.9 Å². The average molecular weight is 431 g/mol. The molecule has 1 N–H and O–H groups in total. The van der Waals surface area contributed by atoms with Gasteiger partial charge in [-0.1, -0.05) is 12.1 Å². The van der Waals surface area contributed by atoms with E-state index in [-0.39, 0.29) is 5.91 Å². The molecule has 0 atom stereocenters. The Morgan fingerprint density at radius 2 is 2.12 bits per heavy atom. The minimum Gasteiger partial charge on any atom is -0.497 e. The number of H-pyrrole nitrogens is 1. The van der Waals surface area contributed by atoms with Crippen molar-refractivity contribution in [3.8, 4) is 17.0 Å². The van der Waals surface area contributed by atoms with E-state index in [1.807, 2.05) is 48.1 Å². The summed E-state index contributed by atoms with van der Waals surface area (Å²) in [5, 5.41) is 12.0. The van der Waals surface area contributed by atoms with Crippen molar-refractivity contribution in [1.82, 2.24) is 24.9 Å². The van der Waals surface area contributed by atoms with E-state index in [0.29, 0.717) is 24.5 Å². The van der Waals surface area contributed by atoms with Crippen molar-refractivity contribution in [2.75, 3.05) is 7.11 Å². The number of carbonyl (C=O) groups is 1. The first-order chi connectivity index (χ1) is 15.6. The first-order valence-corrected chi connectivity index (χ1v) is 10.7. The maximum absolute atomic E-state index is 13.5. The van der Waals surface area contributed by atoms with Crippen molar-refractivity contribution >= 4 is 5.91 Å². The van der Waals surface area contributed by atoms with Gasteiger partial charge in [0.2, 0.25) is 0 Å². The van der Waals surface area contributed by atoms with Gasteiger partial charge in [0.25, 0.3) is 5.91 Å². The smallest absolute Gasteiger partial charge is 0.272 e. The number of hydrogen-bond donors (Lipinski definition) is 1. The van der Waals surface area contributed by atoms with Gasteiger partial charge in [-0.2, -0.15) is 10.2 Å². The third-order valence-corrected chi connectivity index (χ3v) is 5.93. The molecule has 3 heterocycles. The van der Waals surface area contributed by atoms with Crippen LogP contribution in [0.1, 0.15) is 39.6 Å². The molecule has 164 valence electrons. The second-order valence-corrected chi connectivity index (χ2v) is 7.99. The van der Waals surface area contributed by atoms with Crippen LogP contribution >= 0.6 is 0 Å². The average Bonchev–Trinajstić information content (AvgIpc) is 3.60. The highest BCUT2D eigenvalue weighted by Crippen LogP contribution is 2.27. The topological polar surface area (TPSA) is 89.2 Å². The van der Waals surface area contributed by atoms with Crippen LogP contribution in [-0.4, -0.2) is 37.9 Å². The van der Waals surface area contributed by atoms with Crippen LogP contribution in [0.2, 0.25) is 0 Å². The minimum atomic E-state index is -0.152. The maximum atomic E-state index is 13.5. The molecule has 0 spiro atoms. The number of hydrogen-bond acceptors (Lipinski definition) is 5. The number of nitrogens with one attached hydrogen (secondary N) is 1. The summed E-state index contributed by atoms with van der Waals surface area (Å²) >= 11 is 0. The first-order valence-electron chi connectivity index (χ1n) is 10.7. The molecular weight excluding hydrogens is 406 g/mol. The van der Waals surface area contributed by atoms with Crippen LogP contribution in [0.25, 0.3) is 11.3 Å². The number of amides is 1. The zero-order chi connectivity index (χ0) is 22.1. The molecule has 8 heteroatoms. The number of methoxy groups -OCH3 is 1. The van der Waals surface area contributed by atoms with Crippen LogP contribution in [0.3, 0.4) is 0 Å². The molecule has 1 aliphatic carbocycles. The lowest BCUT2D eigenvalue weighted by atomic mass is 10.1. The van der Waals surface area contributed by atoms with E-state index in [1.165, 1.54) is 11.3 Å². The van der Waals surface area contributed by atoms with Crippen LogP contribution in [0, 0.1) is 0 Å². The van der Waals surface area contributed by atoms with Crippen LogP contribution in [0.5, 0.6) is 5.75 Å². The molecule has 1 amide bonds.